The number of nitrogens with zero attached hydrogens (tertiary/aromatic N) is 1. The summed E-state index contributed by atoms with van der Waals surface area (Å²) in [6.07, 6.45) is 1.39. The molecule has 0 aliphatic carbocycles. The van der Waals surface area contributed by atoms with E-state index in [0.29, 0.717) is 0 Å². The van der Waals surface area contributed by atoms with E-state index in [4.69, 9.17) is 0 Å². The van der Waals surface area contributed by atoms with Gasteiger partial charge in [-0.15, -0.1) is 0 Å². The topological polar surface area (TPSA) is 17.1 Å². The van der Waals surface area contributed by atoms with E-state index < -0.39 is 0 Å². The fourth-order valence-corrected chi connectivity index (χ4v) is 2.34. The zero-order chi connectivity index (χ0) is 11.0. The molecular weight excluding hydrogens is 194 g/mol. The van der Waals surface area contributed by atoms with Gasteiger partial charge in [0.15, 0.2) is 0 Å². The maximum Gasteiger partial charge on any atom is 0.211 e. The Morgan fingerprint density at radius 2 is 1.79 bits per heavy atom. The molecule has 0 saturated carbocycles. The average Bonchev–Trinajstić information content (AvgIpc) is 2.25. The number of thioether (sulfide) groups is 1. The van der Waals surface area contributed by atoms with Gasteiger partial charge in [-0.25, -0.2) is 0 Å². The van der Waals surface area contributed by atoms with Crippen LogP contribution in [0.25, 0.3) is 0 Å². The number of carbonyl (C=O) groups excluding carboxylic acids is 1. The van der Waals surface area contributed by atoms with Crippen LogP contribution in [0.1, 0.15) is 20.8 Å². The van der Waals surface area contributed by atoms with Crippen LogP contribution in [0.4, 0.5) is 0 Å². The number of quaternary nitrogens is 1. The number of hydrogen-bond acceptors (Lipinski definition) is 2. The van der Waals surface area contributed by atoms with E-state index in [9.17, 15) is 4.79 Å². The lowest BCUT2D eigenvalue weighted by molar-refractivity contribution is -0.920. The van der Waals surface area contributed by atoms with Crippen molar-refractivity contribution in [2.75, 3.05) is 31.9 Å². The van der Waals surface area contributed by atoms with Gasteiger partial charge in [0.2, 0.25) is 5.12 Å². The van der Waals surface area contributed by atoms with Crippen molar-refractivity contribution in [3.8, 4) is 0 Å². The Bertz CT molecular complexity index is 179. The number of carbonyl (C=O) groups is 1. The minimum Gasteiger partial charge on any atom is -0.324 e. The molecule has 0 fully saturated rings. The van der Waals surface area contributed by atoms with Crippen molar-refractivity contribution in [3.63, 3.8) is 0 Å². The third kappa shape index (κ3) is 4.29. The highest BCUT2D eigenvalue weighted by molar-refractivity contribution is 8.14. The molecule has 82 valence electrons. The molecule has 0 rings (SSSR count). The van der Waals surface area contributed by atoms with Crippen LogP contribution in [0.15, 0.2) is 12.7 Å². The van der Waals surface area contributed by atoms with Crippen molar-refractivity contribution < 1.29 is 9.28 Å². The van der Waals surface area contributed by atoms with E-state index in [1.165, 1.54) is 17.8 Å². The quantitative estimate of drug-likeness (QED) is 0.480. The molecule has 0 aliphatic heterocycles. The molecule has 0 aromatic carbocycles. The Balaban J connectivity index is 3.94. The van der Waals surface area contributed by atoms with Gasteiger partial charge in [-0.1, -0.05) is 18.3 Å². The van der Waals surface area contributed by atoms with Crippen LogP contribution in [0.5, 0.6) is 0 Å². The average molecular weight is 216 g/mol. The summed E-state index contributed by atoms with van der Waals surface area (Å²) in [5.41, 5.74) is 0. The van der Waals surface area contributed by atoms with Gasteiger partial charge >= 0.3 is 0 Å². The van der Waals surface area contributed by atoms with Crippen LogP contribution in [0.2, 0.25) is 0 Å². The number of rotatable bonds is 7. The standard InChI is InChI=1S/C11H22NOS/c1-5-11(13)14-10-9-12(6-2,7-3)8-4/h5H,1,6-10H2,2-4H3/q+1. The zero-order valence-electron chi connectivity index (χ0n) is 9.58. The Labute approximate surface area is 92.0 Å². The SMILES string of the molecule is C=CC(=O)SCC[N+](CC)(CC)CC. The molecule has 2 nitrogen and oxygen atoms in total. The second-order valence-corrected chi connectivity index (χ2v) is 4.48. The molecule has 0 unspecified atom stereocenters. The largest absolute Gasteiger partial charge is 0.324 e. The molecule has 0 atom stereocenters. The monoisotopic (exact) mass is 216 g/mol. The fourth-order valence-electron chi connectivity index (χ4n) is 1.54. The van der Waals surface area contributed by atoms with Gasteiger partial charge in [-0.3, -0.25) is 4.79 Å². The lowest BCUT2D eigenvalue weighted by Crippen LogP contribution is -2.49. The highest BCUT2D eigenvalue weighted by Crippen LogP contribution is 2.10. The third-order valence-electron chi connectivity index (χ3n) is 2.99. The first kappa shape index (κ1) is 13.7. The van der Waals surface area contributed by atoms with Gasteiger partial charge in [0.25, 0.3) is 0 Å². The predicted octanol–water partition coefficient (Wildman–Crippen LogP) is 2.31. The van der Waals surface area contributed by atoms with Gasteiger partial charge in [-0.05, 0) is 26.8 Å². The van der Waals surface area contributed by atoms with E-state index in [2.05, 4.69) is 27.4 Å². The molecule has 0 radical (unpaired) electrons. The maximum atomic E-state index is 11.0. The molecule has 14 heavy (non-hydrogen) atoms. The fraction of sp³-hybridized carbons (Fsp3) is 0.727. The molecule has 0 spiro atoms. The Morgan fingerprint density at radius 1 is 1.29 bits per heavy atom. The van der Waals surface area contributed by atoms with Crippen LogP contribution < -0.4 is 0 Å². The lowest BCUT2D eigenvalue weighted by atomic mass is 10.3. The summed E-state index contributed by atoms with van der Waals surface area (Å²) < 4.78 is 1.11. The Kier molecular flexibility index (Phi) is 6.93. The van der Waals surface area contributed by atoms with E-state index in [-0.39, 0.29) is 5.12 Å². The van der Waals surface area contributed by atoms with Gasteiger partial charge in [-0.2, -0.15) is 0 Å². The lowest BCUT2D eigenvalue weighted by Gasteiger charge is -2.35. The highest BCUT2D eigenvalue weighted by Gasteiger charge is 2.20. The first-order valence-electron chi connectivity index (χ1n) is 5.28. The maximum absolute atomic E-state index is 11.0. The Hall–Kier alpha value is -0.280. The first-order valence-corrected chi connectivity index (χ1v) is 6.27. The Morgan fingerprint density at radius 3 is 2.14 bits per heavy atom. The van der Waals surface area contributed by atoms with E-state index in [1.807, 2.05) is 0 Å². The normalized spacial score (nSPS) is 11.4. The summed E-state index contributed by atoms with van der Waals surface area (Å²) in [6.45, 7) is 14.6. The summed E-state index contributed by atoms with van der Waals surface area (Å²) in [5, 5.41) is 0.0893. The first-order chi connectivity index (χ1) is 6.64. The van der Waals surface area contributed by atoms with Crippen molar-refractivity contribution in [1.82, 2.24) is 0 Å². The van der Waals surface area contributed by atoms with Crippen molar-refractivity contribution in [3.05, 3.63) is 12.7 Å². The molecule has 0 aliphatic rings. The molecule has 0 saturated heterocycles. The van der Waals surface area contributed by atoms with Crippen LogP contribution in [-0.4, -0.2) is 41.5 Å². The molecule has 0 amide bonds. The second kappa shape index (κ2) is 7.07. The predicted molar refractivity (Wildman–Crippen MR) is 64.4 cm³/mol. The van der Waals surface area contributed by atoms with E-state index >= 15 is 0 Å². The second-order valence-electron chi connectivity index (χ2n) is 3.39. The van der Waals surface area contributed by atoms with Crippen LogP contribution in [0, 0.1) is 0 Å². The number of hydrogen-bond donors (Lipinski definition) is 0. The van der Waals surface area contributed by atoms with Crippen LogP contribution in [0.3, 0.4) is 0 Å². The minimum absolute atomic E-state index is 0.0893. The molecule has 3 heteroatoms. The molecule has 0 aromatic heterocycles. The van der Waals surface area contributed by atoms with Crippen molar-refractivity contribution >= 4 is 16.9 Å². The molecular formula is C11H22NOS+. The van der Waals surface area contributed by atoms with Crippen molar-refractivity contribution in [1.29, 1.82) is 0 Å². The van der Waals surface area contributed by atoms with Crippen LogP contribution in [-0.2, 0) is 4.79 Å². The van der Waals surface area contributed by atoms with E-state index in [0.717, 1.165) is 36.4 Å². The summed E-state index contributed by atoms with van der Waals surface area (Å²) in [7, 11) is 0. The summed E-state index contributed by atoms with van der Waals surface area (Å²) in [6, 6.07) is 0. The van der Waals surface area contributed by atoms with Crippen molar-refractivity contribution in [2.45, 2.75) is 20.8 Å². The van der Waals surface area contributed by atoms with Gasteiger partial charge < -0.3 is 4.48 Å². The zero-order valence-corrected chi connectivity index (χ0v) is 10.4. The molecule has 0 bridgehead atoms. The molecule has 0 heterocycles. The minimum atomic E-state index is 0.0893. The smallest absolute Gasteiger partial charge is 0.211 e. The van der Waals surface area contributed by atoms with Crippen LogP contribution >= 0.6 is 11.8 Å². The van der Waals surface area contributed by atoms with Gasteiger partial charge in [0.1, 0.15) is 0 Å². The summed E-state index contributed by atoms with van der Waals surface area (Å²) in [5.74, 6) is 0.903. The molecule has 0 aromatic rings. The third-order valence-corrected chi connectivity index (χ3v) is 3.83. The highest BCUT2D eigenvalue weighted by atomic mass is 32.2. The van der Waals surface area contributed by atoms with Crippen molar-refractivity contribution in [2.24, 2.45) is 0 Å². The van der Waals surface area contributed by atoms with E-state index in [1.54, 1.807) is 0 Å². The summed E-state index contributed by atoms with van der Waals surface area (Å²) in [4.78, 5) is 11.0. The molecule has 0 N–H and O–H groups in total. The van der Waals surface area contributed by atoms with Gasteiger partial charge in [0.05, 0.1) is 31.9 Å². The summed E-state index contributed by atoms with van der Waals surface area (Å²) >= 11 is 1.38. The van der Waals surface area contributed by atoms with Gasteiger partial charge in [0, 0.05) is 0 Å².